The minimum absolute atomic E-state index is 0.644. The zero-order chi connectivity index (χ0) is 11.7. The quantitative estimate of drug-likeness (QED) is 0.730. The van der Waals surface area contributed by atoms with Gasteiger partial charge in [0.05, 0.1) is 6.20 Å². The summed E-state index contributed by atoms with van der Waals surface area (Å²) in [5.41, 5.74) is 1.37. The SMILES string of the molecule is Brc1ccsc1Cc1ncc2nccnc2n1. The number of hydrogen-bond donors (Lipinski definition) is 0. The Balaban J connectivity index is 1.99. The van der Waals surface area contributed by atoms with Crippen LogP contribution in [0.4, 0.5) is 0 Å². The highest BCUT2D eigenvalue weighted by atomic mass is 79.9. The molecule has 0 saturated heterocycles. The van der Waals surface area contributed by atoms with Crippen LogP contribution in [0.25, 0.3) is 11.2 Å². The summed E-state index contributed by atoms with van der Waals surface area (Å²) in [6.45, 7) is 0. The van der Waals surface area contributed by atoms with Gasteiger partial charge >= 0.3 is 0 Å². The van der Waals surface area contributed by atoms with Crippen molar-refractivity contribution in [2.24, 2.45) is 0 Å². The average molecular weight is 307 g/mol. The third-order valence-corrected chi connectivity index (χ3v) is 4.21. The second kappa shape index (κ2) is 4.46. The monoisotopic (exact) mass is 306 g/mol. The Morgan fingerprint density at radius 2 is 2.06 bits per heavy atom. The first kappa shape index (κ1) is 10.7. The van der Waals surface area contributed by atoms with Gasteiger partial charge in [-0.1, -0.05) is 0 Å². The number of halogens is 1. The zero-order valence-corrected chi connectivity index (χ0v) is 11.1. The first-order valence-corrected chi connectivity index (χ1v) is 6.65. The molecule has 4 nitrogen and oxygen atoms in total. The molecule has 3 aromatic rings. The lowest BCUT2D eigenvalue weighted by atomic mass is 10.3. The Morgan fingerprint density at radius 1 is 1.18 bits per heavy atom. The maximum absolute atomic E-state index is 4.39. The highest BCUT2D eigenvalue weighted by molar-refractivity contribution is 9.10. The highest BCUT2D eigenvalue weighted by Crippen LogP contribution is 2.24. The van der Waals surface area contributed by atoms with Crippen molar-refractivity contribution < 1.29 is 0 Å². The molecule has 84 valence electrons. The topological polar surface area (TPSA) is 51.6 Å². The normalized spacial score (nSPS) is 10.9. The third-order valence-electron chi connectivity index (χ3n) is 2.29. The molecule has 3 heterocycles. The molecule has 0 aliphatic rings. The molecule has 0 atom stereocenters. The predicted octanol–water partition coefficient (Wildman–Crippen LogP) is 2.83. The van der Waals surface area contributed by atoms with E-state index in [1.54, 1.807) is 29.9 Å². The minimum atomic E-state index is 0.644. The van der Waals surface area contributed by atoms with Gasteiger partial charge in [-0.3, -0.25) is 0 Å². The van der Waals surface area contributed by atoms with Crippen LogP contribution in [0.15, 0.2) is 34.5 Å². The van der Waals surface area contributed by atoms with Crippen molar-refractivity contribution in [1.82, 2.24) is 19.9 Å². The largest absolute Gasteiger partial charge is 0.250 e. The highest BCUT2D eigenvalue weighted by Gasteiger charge is 2.06. The lowest BCUT2D eigenvalue weighted by molar-refractivity contribution is 0.986. The van der Waals surface area contributed by atoms with Gasteiger partial charge in [0.2, 0.25) is 0 Å². The van der Waals surface area contributed by atoms with Crippen LogP contribution in [0.3, 0.4) is 0 Å². The first-order chi connectivity index (χ1) is 8.33. The molecule has 17 heavy (non-hydrogen) atoms. The Kier molecular flexibility index (Phi) is 2.82. The van der Waals surface area contributed by atoms with Gasteiger partial charge in [0.15, 0.2) is 5.65 Å². The lowest BCUT2D eigenvalue weighted by Crippen LogP contribution is -1.97. The van der Waals surface area contributed by atoms with E-state index in [-0.39, 0.29) is 0 Å². The Labute approximate surface area is 110 Å². The maximum Gasteiger partial charge on any atom is 0.181 e. The molecule has 0 aromatic carbocycles. The summed E-state index contributed by atoms with van der Waals surface area (Å²) < 4.78 is 1.10. The molecule has 0 fully saturated rings. The average Bonchev–Trinajstić information content (AvgIpc) is 2.75. The smallest absolute Gasteiger partial charge is 0.181 e. The van der Waals surface area contributed by atoms with E-state index in [1.807, 2.05) is 11.4 Å². The fraction of sp³-hybridized carbons (Fsp3) is 0.0909. The van der Waals surface area contributed by atoms with E-state index in [2.05, 4.69) is 35.9 Å². The number of aromatic nitrogens is 4. The fourth-order valence-electron chi connectivity index (χ4n) is 1.49. The summed E-state index contributed by atoms with van der Waals surface area (Å²) in [4.78, 5) is 18.2. The van der Waals surface area contributed by atoms with E-state index in [0.717, 1.165) is 15.8 Å². The van der Waals surface area contributed by atoms with Crippen LogP contribution < -0.4 is 0 Å². The Morgan fingerprint density at radius 3 is 2.88 bits per heavy atom. The Hall–Kier alpha value is -1.40. The summed E-state index contributed by atoms with van der Waals surface area (Å²) in [5.74, 6) is 0.765. The third kappa shape index (κ3) is 2.18. The Bertz CT molecular complexity index is 667. The van der Waals surface area contributed by atoms with Gasteiger partial charge in [-0.25, -0.2) is 19.9 Å². The van der Waals surface area contributed by atoms with Crippen LogP contribution in [0.1, 0.15) is 10.7 Å². The molecular weight excluding hydrogens is 300 g/mol. The van der Waals surface area contributed by atoms with Crippen LogP contribution in [-0.4, -0.2) is 19.9 Å². The molecular formula is C11H7BrN4S. The van der Waals surface area contributed by atoms with E-state index in [9.17, 15) is 0 Å². The van der Waals surface area contributed by atoms with Gasteiger partial charge in [-0.15, -0.1) is 11.3 Å². The standard InChI is InChI=1S/C11H7BrN4S/c12-7-1-4-17-9(7)5-10-15-6-8-11(16-10)14-3-2-13-8/h1-4,6H,5H2. The van der Waals surface area contributed by atoms with Gasteiger partial charge < -0.3 is 0 Å². The van der Waals surface area contributed by atoms with Crippen molar-refractivity contribution in [1.29, 1.82) is 0 Å². The van der Waals surface area contributed by atoms with E-state index < -0.39 is 0 Å². The van der Waals surface area contributed by atoms with Crippen molar-refractivity contribution in [3.05, 3.63) is 45.2 Å². The van der Waals surface area contributed by atoms with Gasteiger partial charge in [-0.2, -0.15) is 0 Å². The van der Waals surface area contributed by atoms with Crippen LogP contribution in [0.2, 0.25) is 0 Å². The van der Waals surface area contributed by atoms with Crippen LogP contribution in [-0.2, 0) is 6.42 Å². The second-order valence-electron chi connectivity index (χ2n) is 3.42. The van der Waals surface area contributed by atoms with Crippen LogP contribution >= 0.6 is 27.3 Å². The van der Waals surface area contributed by atoms with E-state index in [1.165, 1.54) is 4.88 Å². The first-order valence-electron chi connectivity index (χ1n) is 4.97. The van der Waals surface area contributed by atoms with Crippen molar-refractivity contribution >= 4 is 38.4 Å². The molecule has 0 aliphatic carbocycles. The predicted molar refractivity (Wildman–Crippen MR) is 70.0 cm³/mol. The summed E-state index contributed by atoms with van der Waals surface area (Å²) >= 11 is 5.19. The molecule has 0 bridgehead atoms. The number of fused-ring (bicyclic) bond motifs is 1. The van der Waals surface area contributed by atoms with Gasteiger partial charge in [0.25, 0.3) is 0 Å². The molecule has 0 radical (unpaired) electrons. The van der Waals surface area contributed by atoms with Gasteiger partial charge in [-0.05, 0) is 27.4 Å². The molecule has 0 amide bonds. The molecule has 0 unspecified atom stereocenters. The van der Waals surface area contributed by atoms with Crippen molar-refractivity contribution in [2.45, 2.75) is 6.42 Å². The molecule has 0 aliphatic heterocycles. The molecule has 6 heteroatoms. The molecule has 0 spiro atoms. The van der Waals surface area contributed by atoms with Crippen LogP contribution in [0.5, 0.6) is 0 Å². The van der Waals surface area contributed by atoms with Crippen molar-refractivity contribution in [2.75, 3.05) is 0 Å². The number of thiophene rings is 1. The molecule has 3 rings (SSSR count). The summed E-state index contributed by atoms with van der Waals surface area (Å²) in [7, 11) is 0. The number of rotatable bonds is 2. The molecule has 0 N–H and O–H groups in total. The van der Waals surface area contributed by atoms with E-state index >= 15 is 0 Å². The fourth-order valence-corrected chi connectivity index (χ4v) is 2.97. The van der Waals surface area contributed by atoms with Gasteiger partial charge in [0, 0.05) is 28.2 Å². The van der Waals surface area contributed by atoms with E-state index in [0.29, 0.717) is 12.1 Å². The summed E-state index contributed by atoms with van der Waals surface area (Å²) in [6, 6.07) is 2.03. The van der Waals surface area contributed by atoms with Crippen molar-refractivity contribution in [3.8, 4) is 0 Å². The number of hydrogen-bond acceptors (Lipinski definition) is 5. The van der Waals surface area contributed by atoms with E-state index in [4.69, 9.17) is 0 Å². The molecule has 3 aromatic heterocycles. The zero-order valence-electron chi connectivity index (χ0n) is 8.67. The second-order valence-corrected chi connectivity index (χ2v) is 5.27. The van der Waals surface area contributed by atoms with Crippen LogP contribution in [0, 0.1) is 0 Å². The summed E-state index contributed by atoms with van der Waals surface area (Å²) in [6.07, 6.45) is 5.71. The lowest BCUT2D eigenvalue weighted by Gasteiger charge is -1.99. The van der Waals surface area contributed by atoms with Gasteiger partial charge in [0.1, 0.15) is 11.3 Å². The number of nitrogens with zero attached hydrogens (tertiary/aromatic N) is 4. The minimum Gasteiger partial charge on any atom is -0.250 e. The van der Waals surface area contributed by atoms with Crippen molar-refractivity contribution in [3.63, 3.8) is 0 Å². The summed E-state index contributed by atoms with van der Waals surface area (Å²) in [5, 5.41) is 2.04. The maximum atomic E-state index is 4.39. The molecule has 0 saturated carbocycles.